The second-order valence-corrected chi connectivity index (χ2v) is 6.59. The SMILES string of the molecule is Cc1ccc(Br)c2c(Cl)cc(C(C)(C)C)nc12. The zero-order valence-electron chi connectivity index (χ0n) is 10.4. The van der Waals surface area contributed by atoms with Crippen LogP contribution in [0.3, 0.4) is 0 Å². The zero-order chi connectivity index (χ0) is 12.8. The van der Waals surface area contributed by atoms with E-state index in [2.05, 4.69) is 49.7 Å². The summed E-state index contributed by atoms with van der Waals surface area (Å²) in [5.41, 5.74) is 3.16. The zero-order valence-corrected chi connectivity index (χ0v) is 12.8. The Balaban J connectivity index is 2.87. The van der Waals surface area contributed by atoms with E-state index < -0.39 is 0 Å². The average Bonchev–Trinajstić information content (AvgIpc) is 2.21. The van der Waals surface area contributed by atoms with Crippen molar-refractivity contribution >= 4 is 38.4 Å². The smallest absolute Gasteiger partial charge is 0.0761 e. The lowest BCUT2D eigenvalue weighted by Crippen LogP contribution is -2.13. The number of nitrogens with zero attached hydrogens (tertiary/aromatic N) is 1. The van der Waals surface area contributed by atoms with Crippen LogP contribution in [0.5, 0.6) is 0 Å². The molecule has 2 aromatic rings. The highest BCUT2D eigenvalue weighted by atomic mass is 79.9. The van der Waals surface area contributed by atoms with Crippen molar-refractivity contribution in [3.63, 3.8) is 0 Å². The molecule has 0 aliphatic rings. The van der Waals surface area contributed by atoms with Gasteiger partial charge in [-0.3, -0.25) is 4.98 Å². The molecule has 90 valence electrons. The maximum absolute atomic E-state index is 6.38. The van der Waals surface area contributed by atoms with E-state index in [0.29, 0.717) is 0 Å². The second-order valence-electron chi connectivity index (χ2n) is 5.33. The van der Waals surface area contributed by atoms with Gasteiger partial charge in [0.2, 0.25) is 0 Å². The van der Waals surface area contributed by atoms with E-state index in [0.717, 1.165) is 31.7 Å². The third kappa shape index (κ3) is 2.34. The standard InChI is InChI=1S/C14H15BrClN/c1-8-5-6-9(15)12-10(16)7-11(14(2,3)4)17-13(8)12/h5-7H,1-4H3. The van der Waals surface area contributed by atoms with Crippen LogP contribution < -0.4 is 0 Å². The number of fused-ring (bicyclic) bond motifs is 1. The lowest BCUT2D eigenvalue weighted by Gasteiger charge is -2.19. The highest BCUT2D eigenvalue weighted by Crippen LogP contribution is 2.34. The molecule has 1 aromatic heterocycles. The summed E-state index contributed by atoms with van der Waals surface area (Å²) in [5, 5.41) is 1.76. The van der Waals surface area contributed by atoms with Gasteiger partial charge in [0.05, 0.1) is 10.5 Å². The van der Waals surface area contributed by atoms with Crippen LogP contribution in [0.15, 0.2) is 22.7 Å². The van der Waals surface area contributed by atoms with Gasteiger partial charge in [-0.25, -0.2) is 0 Å². The van der Waals surface area contributed by atoms with Gasteiger partial charge in [-0.1, -0.05) is 54.4 Å². The molecule has 0 aliphatic heterocycles. The Morgan fingerprint density at radius 3 is 2.47 bits per heavy atom. The first-order valence-electron chi connectivity index (χ1n) is 5.56. The molecular weight excluding hydrogens is 298 g/mol. The number of aryl methyl sites for hydroxylation is 1. The van der Waals surface area contributed by atoms with E-state index in [9.17, 15) is 0 Å². The van der Waals surface area contributed by atoms with Crippen LogP contribution in [0.25, 0.3) is 10.9 Å². The lowest BCUT2D eigenvalue weighted by atomic mass is 9.91. The molecule has 2 rings (SSSR count). The maximum Gasteiger partial charge on any atom is 0.0761 e. The molecule has 0 atom stereocenters. The van der Waals surface area contributed by atoms with Gasteiger partial charge in [0, 0.05) is 21.0 Å². The summed E-state index contributed by atoms with van der Waals surface area (Å²) in [6, 6.07) is 6.04. The molecule has 0 saturated heterocycles. The molecule has 0 amide bonds. The van der Waals surface area contributed by atoms with E-state index in [-0.39, 0.29) is 5.41 Å². The first kappa shape index (κ1) is 12.8. The van der Waals surface area contributed by atoms with Crippen molar-refractivity contribution in [3.05, 3.63) is 39.0 Å². The largest absolute Gasteiger partial charge is 0.252 e. The van der Waals surface area contributed by atoms with Crippen LogP contribution in [-0.4, -0.2) is 4.98 Å². The van der Waals surface area contributed by atoms with Crippen molar-refractivity contribution in [2.24, 2.45) is 0 Å². The molecule has 1 nitrogen and oxygen atoms in total. The molecule has 0 N–H and O–H groups in total. The van der Waals surface area contributed by atoms with Crippen molar-refractivity contribution in [3.8, 4) is 0 Å². The van der Waals surface area contributed by atoms with Gasteiger partial charge in [-0.15, -0.1) is 0 Å². The Morgan fingerprint density at radius 1 is 1.24 bits per heavy atom. The fourth-order valence-electron chi connectivity index (χ4n) is 1.77. The second kappa shape index (κ2) is 4.25. The molecule has 0 spiro atoms. The molecule has 0 aliphatic carbocycles. The van der Waals surface area contributed by atoms with Gasteiger partial charge >= 0.3 is 0 Å². The van der Waals surface area contributed by atoms with E-state index in [1.165, 1.54) is 0 Å². The number of halogens is 2. The van der Waals surface area contributed by atoms with E-state index in [4.69, 9.17) is 16.6 Å². The minimum atomic E-state index is 0.00654. The predicted molar refractivity (Wildman–Crippen MR) is 77.9 cm³/mol. The molecule has 1 heterocycles. The third-order valence-corrected chi connectivity index (χ3v) is 3.79. The van der Waals surface area contributed by atoms with Crippen molar-refractivity contribution < 1.29 is 0 Å². The molecule has 1 aromatic carbocycles. The average molecular weight is 313 g/mol. The van der Waals surface area contributed by atoms with E-state index in [1.807, 2.05) is 12.1 Å². The van der Waals surface area contributed by atoms with E-state index >= 15 is 0 Å². The number of hydrogen-bond donors (Lipinski definition) is 0. The number of benzene rings is 1. The fraction of sp³-hybridized carbons (Fsp3) is 0.357. The maximum atomic E-state index is 6.38. The van der Waals surface area contributed by atoms with Crippen molar-refractivity contribution in [1.29, 1.82) is 0 Å². The van der Waals surface area contributed by atoms with Crippen molar-refractivity contribution in [2.45, 2.75) is 33.1 Å². The molecule has 3 heteroatoms. The summed E-state index contributed by atoms with van der Waals surface area (Å²) in [6.45, 7) is 8.49. The summed E-state index contributed by atoms with van der Waals surface area (Å²) in [5.74, 6) is 0. The topological polar surface area (TPSA) is 12.9 Å². The molecular formula is C14H15BrClN. The molecule has 0 unspecified atom stereocenters. The van der Waals surface area contributed by atoms with Crippen LogP contribution in [0, 0.1) is 6.92 Å². The highest BCUT2D eigenvalue weighted by Gasteiger charge is 2.18. The van der Waals surface area contributed by atoms with Crippen LogP contribution in [0.2, 0.25) is 5.02 Å². The quantitative estimate of drug-likeness (QED) is 0.647. The molecule has 0 radical (unpaired) electrons. The summed E-state index contributed by atoms with van der Waals surface area (Å²) in [6.07, 6.45) is 0. The van der Waals surface area contributed by atoms with Gasteiger partial charge in [-0.05, 0) is 24.6 Å². The van der Waals surface area contributed by atoms with Gasteiger partial charge in [0.25, 0.3) is 0 Å². The highest BCUT2D eigenvalue weighted by molar-refractivity contribution is 9.10. The van der Waals surface area contributed by atoms with Crippen LogP contribution in [0.4, 0.5) is 0 Å². The Hall–Kier alpha value is -0.600. The lowest BCUT2D eigenvalue weighted by molar-refractivity contribution is 0.571. The predicted octanol–water partition coefficient (Wildman–Crippen LogP) is 5.26. The van der Waals surface area contributed by atoms with E-state index in [1.54, 1.807) is 0 Å². The number of rotatable bonds is 0. The minimum absolute atomic E-state index is 0.00654. The molecule has 0 fully saturated rings. The number of aromatic nitrogens is 1. The first-order chi connectivity index (χ1) is 7.80. The van der Waals surface area contributed by atoms with Crippen molar-refractivity contribution in [1.82, 2.24) is 4.98 Å². The third-order valence-electron chi connectivity index (χ3n) is 2.83. The van der Waals surface area contributed by atoms with Gasteiger partial charge in [-0.2, -0.15) is 0 Å². The van der Waals surface area contributed by atoms with Crippen LogP contribution in [0.1, 0.15) is 32.0 Å². The van der Waals surface area contributed by atoms with Crippen molar-refractivity contribution in [2.75, 3.05) is 0 Å². The molecule has 17 heavy (non-hydrogen) atoms. The number of hydrogen-bond acceptors (Lipinski definition) is 1. The van der Waals surface area contributed by atoms with Gasteiger partial charge in [0.15, 0.2) is 0 Å². The van der Waals surface area contributed by atoms with Gasteiger partial charge in [0.1, 0.15) is 0 Å². The monoisotopic (exact) mass is 311 g/mol. The minimum Gasteiger partial charge on any atom is -0.252 e. The summed E-state index contributed by atoms with van der Waals surface area (Å²) in [7, 11) is 0. The number of pyridine rings is 1. The summed E-state index contributed by atoms with van der Waals surface area (Å²) < 4.78 is 0.996. The Kier molecular flexibility index (Phi) is 3.21. The molecule has 0 bridgehead atoms. The first-order valence-corrected chi connectivity index (χ1v) is 6.73. The van der Waals surface area contributed by atoms with Gasteiger partial charge < -0.3 is 0 Å². The Bertz CT molecular complexity index is 585. The normalized spacial score (nSPS) is 12.1. The van der Waals surface area contributed by atoms with Crippen LogP contribution >= 0.6 is 27.5 Å². The van der Waals surface area contributed by atoms with Crippen LogP contribution in [-0.2, 0) is 5.41 Å². The molecule has 0 saturated carbocycles. The fourth-order valence-corrected chi connectivity index (χ4v) is 2.71. The Morgan fingerprint density at radius 2 is 1.88 bits per heavy atom. The summed E-state index contributed by atoms with van der Waals surface area (Å²) >= 11 is 9.91. The Labute approximate surface area is 115 Å². The summed E-state index contributed by atoms with van der Waals surface area (Å²) in [4.78, 5) is 4.75.